The third-order valence-corrected chi connectivity index (χ3v) is 4.06. The van der Waals surface area contributed by atoms with Crippen LogP contribution in [0.25, 0.3) is 0 Å². The molecule has 1 unspecified atom stereocenters. The highest BCUT2D eigenvalue weighted by Crippen LogP contribution is 2.33. The number of anilines is 1. The smallest absolute Gasteiger partial charge is 0.306 e. The standard InChI is InChI=1S/C11H14BrNO2S/c1-7(5-11(14)15-2)16-10-4-3-8(13)6-9(10)12/h3-4,6-7H,5,13H2,1-2H3. The molecule has 0 aliphatic heterocycles. The first-order valence-corrected chi connectivity index (χ1v) is 6.48. The molecule has 0 spiro atoms. The zero-order valence-electron chi connectivity index (χ0n) is 9.20. The number of halogens is 1. The van der Waals surface area contributed by atoms with E-state index in [9.17, 15) is 4.79 Å². The topological polar surface area (TPSA) is 52.3 Å². The number of nitrogen functional groups attached to an aromatic ring is 1. The lowest BCUT2D eigenvalue weighted by molar-refractivity contribution is -0.140. The van der Waals surface area contributed by atoms with E-state index in [0.29, 0.717) is 6.42 Å². The summed E-state index contributed by atoms with van der Waals surface area (Å²) in [7, 11) is 1.40. The molecule has 0 saturated heterocycles. The lowest BCUT2D eigenvalue weighted by Gasteiger charge is -2.11. The van der Waals surface area contributed by atoms with Crippen LogP contribution in [-0.4, -0.2) is 18.3 Å². The van der Waals surface area contributed by atoms with Crippen LogP contribution in [0, 0.1) is 0 Å². The molecule has 3 nitrogen and oxygen atoms in total. The zero-order valence-corrected chi connectivity index (χ0v) is 11.6. The van der Waals surface area contributed by atoms with E-state index in [1.807, 2.05) is 25.1 Å². The van der Waals surface area contributed by atoms with Crippen LogP contribution < -0.4 is 5.73 Å². The Balaban J connectivity index is 2.62. The van der Waals surface area contributed by atoms with E-state index >= 15 is 0 Å². The average molecular weight is 304 g/mol. The van der Waals surface area contributed by atoms with Gasteiger partial charge < -0.3 is 10.5 Å². The van der Waals surface area contributed by atoms with Crippen LogP contribution in [0.2, 0.25) is 0 Å². The largest absolute Gasteiger partial charge is 0.469 e. The Labute approximate surface area is 108 Å². The van der Waals surface area contributed by atoms with Gasteiger partial charge in [0, 0.05) is 20.3 Å². The van der Waals surface area contributed by atoms with Crippen molar-refractivity contribution in [2.24, 2.45) is 0 Å². The first kappa shape index (κ1) is 13.4. The van der Waals surface area contributed by atoms with Gasteiger partial charge in [-0.15, -0.1) is 11.8 Å². The molecule has 88 valence electrons. The molecule has 0 fully saturated rings. The predicted octanol–water partition coefficient (Wildman–Crippen LogP) is 3.08. The van der Waals surface area contributed by atoms with Crippen LogP contribution in [0.5, 0.6) is 0 Å². The second-order valence-corrected chi connectivity index (χ2v) is 5.73. The maximum atomic E-state index is 11.1. The molecule has 0 aromatic heterocycles. The van der Waals surface area contributed by atoms with Crippen LogP contribution >= 0.6 is 27.7 Å². The molecule has 1 atom stereocenters. The van der Waals surface area contributed by atoms with Gasteiger partial charge in [0.1, 0.15) is 0 Å². The van der Waals surface area contributed by atoms with Gasteiger partial charge in [-0.3, -0.25) is 4.79 Å². The molecule has 5 heteroatoms. The zero-order chi connectivity index (χ0) is 12.1. The first-order valence-electron chi connectivity index (χ1n) is 4.81. The van der Waals surface area contributed by atoms with E-state index in [2.05, 4.69) is 20.7 Å². The molecule has 0 saturated carbocycles. The van der Waals surface area contributed by atoms with Gasteiger partial charge in [0.25, 0.3) is 0 Å². The van der Waals surface area contributed by atoms with Gasteiger partial charge in [-0.05, 0) is 34.1 Å². The number of nitrogens with two attached hydrogens (primary N) is 1. The SMILES string of the molecule is COC(=O)CC(C)Sc1ccc(N)cc1Br. The number of hydrogen-bond acceptors (Lipinski definition) is 4. The molecular formula is C11H14BrNO2S. The fourth-order valence-electron chi connectivity index (χ4n) is 1.19. The summed E-state index contributed by atoms with van der Waals surface area (Å²) in [5, 5.41) is 0.173. The lowest BCUT2D eigenvalue weighted by Crippen LogP contribution is -2.08. The number of carbonyl (C=O) groups is 1. The minimum atomic E-state index is -0.188. The van der Waals surface area contributed by atoms with Gasteiger partial charge in [0.2, 0.25) is 0 Å². The summed E-state index contributed by atoms with van der Waals surface area (Å²) in [6.07, 6.45) is 0.401. The van der Waals surface area contributed by atoms with Crippen LogP contribution in [0.4, 0.5) is 5.69 Å². The van der Waals surface area contributed by atoms with Crippen molar-refractivity contribution in [2.45, 2.75) is 23.5 Å². The van der Waals surface area contributed by atoms with E-state index in [1.54, 1.807) is 11.8 Å². The second-order valence-electron chi connectivity index (χ2n) is 3.40. The van der Waals surface area contributed by atoms with Gasteiger partial charge in [0.15, 0.2) is 0 Å². The number of hydrogen-bond donors (Lipinski definition) is 1. The van der Waals surface area contributed by atoms with Crippen molar-refractivity contribution in [1.29, 1.82) is 0 Å². The van der Waals surface area contributed by atoms with Crippen LogP contribution in [0.1, 0.15) is 13.3 Å². The summed E-state index contributed by atoms with van der Waals surface area (Å²) < 4.78 is 5.58. The second kappa shape index (κ2) is 6.15. The van der Waals surface area contributed by atoms with Crippen molar-refractivity contribution in [2.75, 3.05) is 12.8 Å². The van der Waals surface area contributed by atoms with Crippen molar-refractivity contribution in [3.8, 4) is 0 Å². The van der Waals surface area contributed by atoms with E-state index in [4.69, 9.17) is 5.73 Å². The Morgan fingerprint density at radius 3 is 2.88 bits per heavy atom. The molecule has 0 amide bonds. The Bertz CT molecular complexity index is 384. The molecule has 0 radical (unpaired) electrons. The average Bonchev–Trinajstić information content (AvgIpc) is 2.22. The number of thioether (sulfide) groups is 1. The van der Waals surface area contributed by atoms with E-state index in [-0.39, 0.29) is 11.2 Å². The minimum absolute atomic E-state index is 0.173. The quantitative estimate of drug-likeness (QED) is 0.527. The van der Waals surface area contributed by atoms with Crippen molar-refractivity contribution in [1.82, 2.24) is 0 Å². The Hall–Kier alpha value is -0.680. The number of esters is 1. The fourth-order valence-corrected chi connectivity index (χ4v) is 2.84. The van der Waals surface area contributed by atoms with Gasteiger partial charge in [0.05, 0.1) is 13.5 Å². The fraction of sp³-hybridized carbons (Fsp3) is 0.364. The molecule has 2 N–H and O–H groups in total. The third kappa shape index (κ3) is 4.06. The normalized spacial score (nSPS) is 12.2. The molecule has 0 aliphatic carbocycles. The van der Waals surface area contributed by atoms with Crippen molar-refractivity contribution >= 4 is 39.3 Å². The summed E-state index contributed by atoms with van der Waals surface area (Å²) in [4.78, 5) is 12.2. The third-order valence-electron chi connectivity index (χ3n) is 1.97. The minimum Gasteiger partial charge on any atom is -0.469 e. The maximum absolute atomic E-state index is 11.1. The monoisotopic (exact) mass is 303 g/mol. The van der Waals surface area contributed by atoms with E-state index in [0.717, 1.165) is 15.1 Å². The van der Waals surface area contributed by atoms with Crippen LogP contribution in [-0.2, 0) is 9.53 Å². The summed E-state index contributed by atoms with van der Waals surface area (Å²) in [6, 6.07) is 5.64. The van der Waals surface area contributed by atoms with E-state index in [1.165, 1.54) is 7.11 Å². The van der Waals surface area contributed by atoms with Crippen molar-refractivity contribution in [3.05, 3.63) is 22.7 Å². The summed E-state index contributed by atoms with van der Waals surface area (Å²) in [5.74, 6) is -0.188. The molecule has 0 heterocycles. The lowest BCUT2D eigenvalue weighted by atomic mass is 10.3. The van der Waals surface area contributed by atoms with Crippen molar-refractivity contribution < 1.29 is 9.53 Å². The van der Waals surface area contributed by atoms with Crippen molar-refractivity contribution in [3.63, 3.8) is 0 Å². The number of rotatable bonds is 4. The highest BCUT2D eigenvalue weighted by atomic mass is 79.9. The number of ether oxygens (including phenoxy) is 1. The van der Waals surface area contributed by atoms with E-state index < -0.39 is 0 Å². The molecule has 0 bridgehead atoms. The Morgan fingerprint density at radius 1 is 1.62 bits per heavy atom. The Morgan fingerprint density at radius 2 is 2.31 bits per heavy atom. The molecule has 16 heavy (non-hydrogen) atoms. The summed E-state index contributed by atoms with van der Waals surface area (Å²) in [6.45, 7) is 1.99. The predicted molar refractivity (Wildman–Crippen MR) is 70.5 cm³/mol. The number of carbonyl (C=O) groups excluding carboxylic acids is 1. The molecule has 0 aliphatic rings. The van der Waals surface area contributed by atoms with Crippen LogP contribution in [0.15, 0.2) is 27.6 Å². The molecular weight excluding hydrogens is 290 g/mol. The highest BCUT2D eigenvalue weighted by Gasteiger charge is 2.12. The van der Waals surface area contributed by atoms with Gasteiger partial charge in [-0.25, -0.2) is 0 Å². The van der Waals surface area contributed by atoms with Gasteiger partial charge >= 0.3 is 5.97 Å². The van der Waals surface area contributed by atoms with Gasteiger partial charge in [-0.2, -0.15) is 0 Å². The number of benzene rings is 1. The molecule has 1 aromatic carbocycles. The molecule has 1 rings (SSSR count). The first-order chi connectivity index (χ1) is 7.52. The summed E-state index contributed by atoms with van der Waals surface area (Å²) >= 11 is 5.06. The highest BCUT2D eigenvalue weighted by molar-refractivity contribution is 9.10. The number of methoxy groups -OCH3 is 1. The Kier molecular flexibility index (Phi) is 5.15. The summed E-state index contributed by atoms with van der Waals surface area (Å²) in [5.41, 5.74) is 6.37. The van der Waals surface area contributed by atoms with Gasteiger partial charge in [-0.1, -0.05) is 6.92 Å². The van der Waals surface area contributed by atoms with Crippen LogP contribution in [0.3, 0.4) is 0 Å². The molecule has 1 aromatic rings. The maximum Gasteiger partial charge on any atom is 0.306 e.